The molecule has 1 aliphatic carbocycles. The standard InChI is InChI=1S/C17H16O4S/c18-17(16-8-12-3-1-2-4-15(12)22-16)19-9-11-5-6-13-14(7-11)21-10-20-13/h5-8H,1-4,9-10H2. The molecule has 0 spiro atoms. The van der Waals surface area contributed by atoms with E-state index in [1.807, 2.05) is 24.3 Å². The molecule has 114 valence electrons. The number of carbonyl (C=O) groups is 1. The molecule has 0 bridgehead atoms. The quantitative estimate of drug-likeness (QED) is 0.810. The van der Waals surface area contributed by atoms with Crippen molar-refractivity contribution in [1.29, 1.82) is 0 Å². The molecule has 0 fully saturated rings. The van der Waals surface area contributed by atoms with Gasteiger partial charge in [-0.3, -0.25) is 0 Å². The van der Waals surface area contributed by atoms with Crippen molar-refractivity contribution in [3.05, 3.63) is 45.1 Å². The van der Waals surface area contributed by atoms with E-state index in [0.717, 1.165) is 24.2 Å². The number of rotatable bonds is 3. The van der Waals surface area contributed by atoms with E-state index in [4.69, 9.17) is 14.2 Å². The van der Waals surface area contributed by atoms with Gasteiger partial charge in [-0.1, -0.05) is 6.07 Å². The van der Waals surface area contributed by atoms with Gasteiger partial charge < -0.3 is 14.2 Å². The van der Waals surface area contributed by atoms with Crippen LogP contribution in [0.1, 0.15) is 38.5 Å². The molecule has 1 aromatic heterocycles. The number of thiophene rings is 1. The molecule has 2 aromatic rings. The van der Waals surface area contributed by atoms with Crippen molar-refractivity contribution in [2.45, 2.75) is 32.3 Å². The van der Waals surface area contributed by atoms with E-state index >= 15 is 0 Å². The lowest BCUT2D eigenvalue weighted by molar-refractivity contribution is 0.0478. The molecule has 0 N–H and O–H groups in total. The molecule has 1 aromatic carbocycles. The van der Waals surface area contributed by atoms with Gasteiger partial charge in [0.25, 0.3) is 0 Å². The fourth-order valence-corrected chi connectivity index (χ4v) is 3.99. The Kier molecular flexibility index (Phi) is 3.50. The topological polar surface area (TPSA) is 44.8 Å². The lowest BCUT2D eigenvalue weighted by atomic mass is 9.99. The lowest BCUT2D eigenvalue weighted by Crippen LogP contribution is -2.03. The van der Waals surface area contributed by atoms with Crippen LogP contribution in [-0.2, 0) is 24.2 Å². The molecular formula is C17H16O4S. The van der Waals surface area contributed by atoms with E-state index in [-0.39, 0.29) is 19.4 Å². The second-order valence-electron chi connectivity index (χ2n) is 5.53. The highest BCUT2D eigenvalue weighted by atomic mass is 32.1. The number of hydrogen-bond donors (Lipinski definition) is 0. The molecule has 0 saturated heterocycles. The summed E-state index contributed by atoms with van der Waals surface area (Å²) in [5.74, 6) is 1.21. The third-order valence-electron chi connectivity index (χ3n) is 4.00. The van der Waals surface area contributed by atoms with Gasteiger partial charge >= 0.3 is 5.97 Å². The van der Waals surface area contributed by atoms with Gasteiger partial charge in [0.15, 0.2) is 11.5 Å². The van der Waals surface area contributed by atoms with Crippen LogP contribution in [0.4, 0.5) is 0 Å². The van der Waals surface area contributed by atoms with Crippen molar-refractivity contribution < 1.29 is 19.0 Å². The summed E-state index contributed by atoms with van der Waals surface area (Å²) in [5.41, 5.74) is 2.23. The summed E-state index contributed by atoms with van der Waals surface area (Å²) in [7, 11) is 0. The van der Waals surface area contributed by atoms with Crippen LogP contribution in [0, 0.1) is 0 Å². The van der Waals surface area contributed by atoms with Gasteiger partial charge in [-0.15, -0.1) is 11.3 Å². The monoisotopic (exact) mass is 316 g/mol. The van der Waals surface area contributed by atoms with E-state index in [9.17, 15) is 4.79 Å². The fraction of sp³-hybridized carbons (Fsp3) is 0.353. The number of carbonyl (C=O) groups excluding carboxylic acids is 1. The van der Waals surface area contributed by atoms with Crippen LogP contribution in [0.2, 0.25) is 0 Å². The first-order valence-electron chi connectivity index (χ1n) is 7.47. The number of hydrogen-bond acceptors (Lipinski definition) is 5. The zero-order valence-corrected chi connectivity index (χ0v) is 12.9. The van der Waals surface area contributed by atoms with Gasteiger partial charge in [0.1, 0.15) is 11.5 Å². The molecule has 1 aliphatic heterocycles. The molecular weight excluding hydrogens is 300 g/mol. The Hall–Kier alpha value is -2.01. The average Bonchev–Trinajstić information content (AvgIpc) is 3.18. The molecule has 0 saturated carbocycles. The number of ether oxygens (including phenoxy) is 3. The van der Waals surface area contributed by atoms with Crippen LogP contribution >= 0.6 is 11.3 Å². The van der Waals surface area contributed by atoms with Crippen LogP contribution in [0.5, 0.6) is 11.5 Å². The van der Waals surface area contributed by atoms with Crippen molar-refractivity contribution >= 4 is 17.3 Å². The molecule has 5 heteroatoms. The minimum Gasteiger partial charge on any atom is -0.457 e. The van der Waals surface area contributed by atoms with Crippen molar-refractivity contribution in [1.82, 2.24) is 0 Å². The molecule has 0 radical (unpaired) electrons. The SMILES string of the molecule is O=C(OCc1ccc2c(c1)OCO2)c1cc2c(s1)CCCC2. The highest BCUT2D eigenvalue weighted by Gasteiger charge is 2.19. The van der Waals surface area contributed by atoms with Crippen LogP contribution in [0.25, 0.3) is 0 Å². The Morgan fingerprint density at radius 1 is 1.14 bits per heavy atom. The van der Waals surface area contributed by atoms with Crippen molar-refractivity contribution in [2.24, 2.45) is 0 Å². The molecule has 4 nitrogen and oxygen atoms in total. The van der Waals surface area contributed by atoms with Gasteiger partial charge in [0, 0.05) is 4.88 Å². The van der Waals surface area contributed by atoms with Crippen LogP contribution in [-0.4, -0.2) is 12.8 Å². The lowest BCUT2D eigenvalue weighted by Gasteiger charge is -2.08. The summed E-state index contributed by atoms with van der Waals surface area (Å²) in [4.78, 5) is 14.3. The van der Waals surface area contributed by atoms with Crippen molar-refractivity contribution in [3.8, 4) is 11.5 Å². The minimum atomic E-state index is -0.239. The number of esters is 1. The van der Waals surface area contributed by atoms with Gasteiger partial charge in [-0.05, 0) is 55.0 Å². The number of aryl methyl sites for hydroxylation is 2. The zero-order chi connectivity index (χ0) is 14.9. The summed E-state index contributed by atoms with van der Waals surface area (Å²) in [6.07, 6.45) is 4.62. The first-order chi connectivity index (χ1) is 10.8. The number of fused-ring (bicyclic) bond motifs is 2. The van der Waals surface area contributed by atoms with Crippen LogP contribution < -0.4 is 9.47 Å². The van der Waals surface area contributed by atoms with Gasteiger partial charge in [0.05, 0.1) is 0 Å². The maximum absolute atomic E-state index is 12.2. The summed E-state index contributed by atoms with van der Waals surface area (Å²) in [6, 6.07) is 7.59. The molecule has 22 heavy (non-hydrogen) atoms. The van der Waals surface area contributed by atoms with Crippen LogP contribution in [0.3, 0.4) is 0 Å². The molecule has 0 atom stereocenters. The van der Waals surface area contributed by atoms with E-state index < -0.39 is 0 Å². The Morgan fingerprint density at radius 2 is 2.00 bits per heavy atom. The first kappa shape index (κ1) is 13.6. The highest BCUT2D eigenvalue weighted by molar-refractivity contribution is 7.14. The maximum atomic E-state index is 12.2. The Morgan fingerprint density at radius 3 is 2.91 bits per heavy atom. The predicted molar refractivity (Wildman–Crippen MR) is 82.6 cm³/mol. The largest absolute Gasteiger partial charge is 0.457 e. The highest BCUT2D eigenvalue weighted by Crippen LogP contribution is 2.33. The summed E-state index contributed by atoms with van der Waals surface area (Å²) in [5, 5.41) is 0. The summed E-state index contributed by atoms with van der Waals surface area (Å²) < 4.78 is 16.0. The van der Waals surface area contributed by atoms with E-state index in [0.29, 0.717) is 10.6 Å². The van der Waals surface area contributed by atoms with E-state index in [2.05, 4.69) is 0 Å². The molecule has 0 amide bonds. The second-order valence-corrected chi connectivity index (χ2v) is 6.67. The summed E-state index contributed by atoms with van der Waals surface area (Å²) in [6.45, 7) is 0.497. The zero-order valence-electron chi connectivity index (χ0n) is 12.1. The van der Waals surface area contributed by atoms with Gasteiger partial charge in [-0.2, -0.15) is 0 Å². The van der Waals surface area contributed by atoms with Crippen LogP contribution in [0.15, 0.2) is 24.3 Å². The van der Waals surface area contributed by atoms with E-state index in [1.54, 1.807) is 11.3 Å². The molecule has 4 rings (SSSR count). The minimum absolute atomic E-state index is 0.239. The predicted octanol–water partition coefficient (Wildman–Crippen LogP) is 3.71. The first-order valence-corrected chi connectivity index (χ1v) is 8.28. The maximum Gasteiger partial charge on any atom is 0.348 e. The molecule has 0 unspecified atom stereocenters. The number of benzene rings is 1. The Labute approximate surface area is 132 Å². The smallest absolute Gasteiger partial charge is 0.348 e. The van der Waals surface area contributed by atoms with Gasteiger partial charge in [0.2, 0.25) is 6.79 Å². The Balaban J connectivity index is 1.43. The van der Waals surface area contributed by atoms with E-state index in [1.165, 1.54) is 23.3 Å². The Bertz CT molecular complexity index is 696. The molecule has 2 heterocycles. The summed E-state index contributed by atoms with van der Waals surface area (Å²) >= 11 is 1.58. The van der Waals surface area contributed by atoms with Gasteiger partial charge in [-0.25, -0.2) is 4.79 Å². The third kappa shape index (κ3) is 2.57. The average molecular weight is 316 g/mol. The van der Waals surface area contributed by atoms with Crippen molar-refractivity contribution in [3.63, 3.8) is 0 Å². The third-order valence-corrected chi connectivity index (χ3v) is 5.22. The van der Waals surface area contributed by atoms with Crippen molar-refractivity contribution in [2.75, 3.05) is 6.79 Å². The molecule has 2 aliphatic rings. The fourth-order valence-electron chi connectivity index (χ4n) is 2.84. The normalized spacial score (nSPS) is 15.5. The second kappa shape index (κ2) is 5.65.